The van der Waals surface area contributed by atoms with E-state index in [4.69, 9.17) is 4.74 Å². The van der Waals surface area contributed by atoms with Crippen molar-refractivity contribution in [2.75, 3.05) is 25.1 Å². The molecule has 0 fully saturated rings. The van der Waals surface area contributed by atoms with Crippen LogP contribution in [0, 0.1) is 0 Å². The van der Waals surface area contributed by atoms with Crippen LogP contribution < -0.4 is 4.90 Å². The molecule has 1 rings (SSSR count). The van der Waals surface area contributed by atoms with Crippen molar-refractivity contribution in [2.24, 2.45) is 0 Å². The summed E-state index contributed by atoms with van der Waals surface area (Å²) in [7, 11) is 1.95. The predicted octanol–water partition coefficient (Wildman–Crippen LogP) is 1.44. The van der Waals surface area contributed by atoms with Gasteiger partial charge in [0.15, 0.2) is 0 Å². The van der Waals surface area contributed by atoms with E-state index in [0.717, 1.165) is 17.9 Å². The standard InChI is InChI=1S/C12H20N2O2/c1-10(2)16-8-7-14(3)12-11(9-15)5-4-6-13-12/h4-6,10,15H,7-9H2,1-3H3. The molecule has 0 aliphatic heterocycles. The molecule has 0 aliphatic rings. The second kappa shape index (κ2) is 6.45. The van der Waals surface area contributed by atoms with Gasteiger partial charge in [0, 0.05) is 25.4 Å². The quantitative estimate of drug-likeness (QED) is 0.794. The molecule has 0 saturated heterocycles. The smallest absolute Gasteiger partial charge is 0.133 e. The molecular formula is C12H20N2O2. The number of rotatable bonds is 6. The van der Waals surface area contributed by atoms with Crippen molar-refractivity contribution in [3.63, 3.8) is 0 Å². The Bertz CT molecular complexity index is 316. The van der Waals surface area contributed by atoms with E-state index in [2.05, 4.69) is 4.98 Å². The highest BCUT2D eigenvalue weighted by Gasteiger charge is 2.07. The third-order valence-corrected chi connectivity index (χ3v) is 2.28. The average molecular weight is 224 g/mol. The Morgan fingerprint density at radius 1 is 1.50 bits per heavy atom. The van der Waals surface area contributed by atoms with Gasteiger partial charge in [0.1, 0.15) is 5.82 Å². The minimum Gasteiger partial charge on any atom is -0.392 e. The van der Waals surface area contributed by atoms with Crippen LogP contribution in [0.3, 0.4) is 0 Å². The fourth-order valence-corrected chi connectivity index (χ4v) is 1.43. The second-order valence-electron chi connectivity index (χ2n) is 3.99. The van der Waals surface area contributed by atoms with E-state index in [1.165, 1.54) is 0 Å². The molecule has 0 radical (unpaired) electrons. The van der Waals surface area contributed by atoms with Gasteiger partial charge in [0.05, 0.1) is 19.3 Å². The van der Waals surface area contributed by atoms with E-state index in [-0.39, 0.29) is 12.7 Å². The summed E-state index contributed by atoms with van der Waals surface area (Å²) in [5.41, 5.74) is 0.842. The number of hydrogen-bond donors (Lipinski definition) is 1. The molecule has 0 bridgehead atoms. The maximum atomic E-state index is 9.18. The van der Waals surface area contributed by atoms with Crippen molar-refractivity contribution < 1.29 is 9.84 Å². The third kappa shape index (κ3) is 3.79. The van der Waals surface area contributed by atoms with E-state index in [0.29, 0.717) is 6.61 Å². The average Bonchev–Trinajstić information content (AvgIpc) is 2.28. The highest BCUT2D eigenvalue weighted by atomic mass is 16.5. The molecule has 1 aromatic heterocycles. The van der Waals surface area contributed by atoms with E-state index >= 15 is 0 Å². The number of pyridine rings is 1. The van der Waals surface area contributed by atoms with Gasteiger partial charge in [0.2, 0.25) is 0 Å². The zero-order valence-corrected chi connectivity index (χ0v) is 10.2. The lowest BCUT2D eigenvalue weighted by Crippen LogP contribution is -2.25. The van der Waals surface area contributed by atoms with Gasteiger partial charge in [-0.2, -0.15) is 0 Å². The highest BCUT2D eigenvalue weighted by Crippen LogP contribution is 2.15. The van der Waals surface area contributed by atoms with Crippen LogP contribution in [-0.2, 0) is 11.3 Å². The van der Waals surface area contributed by atoms with Crippen LogP contribution in [0.2, 0.25) is 0 Å². The first kappa shape index (κ1) is 12.9. The Morgan fingerprint density at radius 2 is 2.25 bits per heavy atom. The van der Waals surface area contributed by atoms with E-state index in [9.17, 15) is 5.11 Å². The number of aliphatic hydroxyl groups excluding tert-OH is 1. The van der Waals surface area contributed by atoms with Crippen LogP contribution in [0.4, 0.5) is 5.82 Å². The minimum absolute atomic E-state index is 0.0125. The monoisotopic (exact) mass is 224 g/mol. The number of hydrogen-bond acceptors (Lipinski definition) is 4. The van der Waals surface area contributed by atoms with Gasteiger partial charge >= 0.3 is 0 Å². The largest absolute Gasteiger partial charge is 0.392 e. The number of ether oxygens (including phenoxy) is 1. The number of likely N-dealkylation sites (N-methyl/N-ethyl adjacent to an activating group) is 1. The SMILES string of the molecule is CC(C)OCCN(C)c1ncccc1CO. The van der Waals surface area contributed by atoms with Crippen LogP contribution >= 0.6 is 0 Å². The summed E-state index contributed by atoms with van der Waals surface area (Å²) in [5, 5.41) is 9.18. The molecule has 90 valence electrons. The molecule has 4 nitrogen and oxygen atoms in total. The molecule has 1 aromatic rings. The van der Waals surface area contributed by atoms with E-state index < -0.39 is 0 Å². The van der Waals surface area contributed by atoms with Gasteiger partial charge in [-0.3, -0.25) is 0 Å². The molecule has 4 heteroatoms. The van der Waals surface area contributed by atoms with E-state index in [1.807, 2.05) is 37.9 Å². The maximum absolute atomic E-state index is 9.18. The summed E-state index contributed by atoms with van der Waals surface area (Å²) in [6.45, 7) is 5.47. The van der Waals surface area contributed by atoms with Crippen molar-refractivity contribution in [1.82, 2.24) is 4.98 Å². The van der Waals surface area contributed by atoms with Gasteiger partial charge in [0.25, 0.3) is 0 Å². The predicted molar refractivity (Wildman–Crippen MR) is 64.5 cm³/mol. The van der Waals surface area contributed by atoms with E-state index in [1.54, 1.807) is 6.20 Å². The van der Waals surface area contributed by atoms with Gasteiger partial charge in [-0.05, 0) is 19.9 Å². The Balaban J connectivity index is 2.55. The van der Waals surface area contributed by atoms with Crippen molar-refractivity contribution in [1.29, 1.82) is 0 Å². The Labute approximate surface area is 96.9 Å². The maximum Gasteiger partial charge on any atom is 0.133 e. The van der Waals surface area contributed by atoms with Crippen LogP contribution in [0.25, 0.3) is 0 Å². The van der Waals surface area contributed by atoms with Gasteiger partial charge in [-0.1, -0.05) is 6.07 Å². The second-order valence-corrected chi connectivity index (χ2v) is 3.99. The molecule has 0 amide bonds. The summed E-state index contributed by atoms with van der Waals surface area (Å²) in [6.07, 6.45) is 1.98. The fraction of sp³-hybridized carbons (Fsp3) is 0.583. The molecule has 0 saturated carbocycles. The summed E-state index contributed by atoms with van der Waals surface area (Å²) in [4.78, 5) is 6.25. The molecule has 16 heavy (non-hydrogen) atoms. The summed E-state index contributed by atoms with van der Waals surface area (Å²) in [5.74, 6) is 0.817. The Morgan fingerprint density at radius 3 is 2.88 bits per heavy atom. The van der Waals surface area contributed by atoms with Crippen LogP contribution in [0.5, 0.6) is 0 Å². The normalized spacial score (nSPS) is 10.8. The lowest BCUT2D eigenvalue weighted by molar-refractivity contribution is 0.0845. The van der Waals surface area contributed by atoms with Gasteiger partial charge < -0.3 is 14.7 Å². The summed E-state index contributed by atoms with van der Waals surface area (Å²) in [6, 6.07) is 3.70. The zero-order chi connectivity index (χ0) is 12.0. The summed E-state index contributed by atoms with van der Waals surface area (Å²) >= 11 is 0. The highest BCUT2D eigenvalue weighted by molar-refractivity contribution is 5.45. The lowest BCUT2D eigenvalue weighted by atomic mass is 10.2. The topological polar surface area (TPSA) is 45.6 Å². The minimum atomic E-state index is 0.0125. The van der Waals surface area contributed by atoms with Crippen molar-refractivity contribution in [2.45, 2.75) is 26.6 Å². The molecule has 1 N–H and O–H groups in total. The number of anilines is 1. The first-order chi connectivity index (χ1) is 7.65. The zero-order valence-electron chi connectivity index (χ0n) is 10.2. The number of aliphatic hydroxyl groups is 1. The number of nitrogens with zero attached hydrogens (tertiary/aromatic N) is 2. The van der Waals surface area contributed by atoms with Gasteiger partial charge in [-0.25, -0.2) is 4.98 Å². The summed E-state index contributed by atoms with van der Waals surface area (Å²) < 4.78 is 5.48. The molecule has 0 atom stereocenters. The Hall–Kier alpha value is -1.13. The van der Waals surface area contributed by atoms with Crippen molar-refractivity contribution in [3.8, 4) is 0 Å². The Kier molecular flexibility index (Phi) is 5.22. The van der Waals surface area contributed by atoms with Crippen LogP contribution in [-0.4, -0.2) is 36.4 Å². The fourth-order valence-electron chi connectivity index (χ4n) is 1.43. The number of aromatic nitrogens is 1. The first-order valence-electron chi connectivity index (χ1n) is 5.52. The molecule has 0 aliphatic carbocycles. The van der Waals surface area contributed by atoms with Gasteiger partial charge in [-0.15, -0.1) is 0 Å². The van der Waals surface area contributed by atoms with Crippen molar-refractivity contribution in [3.05, 3.63) is 23.9 Å². The molecule has 0 aromatic carbocycles. The van der Waals surface area contributed by atoms with Crippen LogP contribution in [0.15, 0.2) is 18.3 Å². The lowest BCUT2D eigenvalue weighted by Gasteiger charge is -2.21. The molecule has 1 heterocycles. The molecular weight excluding hydrogens is 204 g/mol. The molecule has 0 spiro atoms. The first-order valence-corrected chi connectivity index (χ1v) is 5.52. The third-order valence-electron chi connectivity index (χ3n) is 2.28. The van der Waals surface area contributed by atoms with Crippen LogP contribution in [0.1, 0.15) is 19.4 Å². The molecule has 0 unspecified atom stereocenters. The van der Waals surface area contributed by atoms with Crippen molar-refractivity contribution >= 4 is 5.82 Å².